The number of anilines is 1. The van der Waals surface area contributed by atoms with Crippen LogP contribution in [0.3, 0.4) is 0 Å². The zero-order valence-electron chi connectivity index (χ0n) is 11.9. The van der Waals surface area contributed by atoms with E-state index in [2.05, 4.69) is 15.3 Å². The molecule has 1 amide bonds. The quantitative estimate of drug-likeness (QED) is 0.768. The molecule has 22 heavy (non-hydrogen) atoms. The smallest absolute Gasteiger partial charge is 0.255 e. The second kappa shape index (κ2) is 6.07. The van der Waals surface area contributed by atoms with Crippen LogP contribution in [-0.2, 0) is 0 Å². The predicted molar refractivity (Wildman–Crippen MR) is 86.7 cm³/mol. The molecule has 0 radical (unpaired) electrons. The van der Waals surface area contributed by atoms with Crippen molar-refractivity contribution < 1.29 is 9.53 Å². The molecule has 3 rings (SSSR count). The molecule has 5 nitrogen and oxygen atoms in total. The molecule has 2 N–H and O–H groups in total. The summed E-state index contributed by atoms with van der Waals surface area (Å²) in [6.07, 6.45) is 1.60. The van der Waals surface area contributed by atoms with E-state index in [0.717, 1.165) is 11.0 Å². The van der Waals surface area contributed by atoms with Crippen LogP contribution in [0.1, 0.15) is 17.3 Å². The van der Waals surface area contributed by atoms with Crippen LogP contribution in [0.5, 0.6) is 5.75 Å². The van der Waals surface area contributed by atoms with Gasteiger partial charge in [0, 0.05) is 11.3 Å². The first-order valence-electron chi connectivity index (χ1n) is 6.84. The van der Waals surface area contributed by atoms with E-state index in [1.54, 1.807) is 42.7 Å². The summed E-state index contributed by atoms with van der Waals surface area (Å²) < 4.78 is 5.36. The summed E-state index contributed by atoms with van der Waals surface area (Å²) in [6.45, 7) is 2.42. The normalized spacial score (nSPS) is 10.6. The maximum Gasteiger partial charge on any atom is 0.255 e. The Kier molecular flexibility index (Phi) is 3.98. The number of halogens is 1. The van der Waals surface area contributed by atoms with Crippen LogP contribution in [0.15, 0.2) is 42.7 Å². The number of carbonyl (C=O) groups is 1. The number of hydrogen-bond acceptors (Lipinski definition) is 3. The summed E-state index contributed by atoms with van der Waals surface area (Å²) in [5, 5.41) is 3.27. The van der Waals surface area contributed by atoms with Crippen molar-refractivity contribution in [1.82, 2.24) is 9.97 Å². The van der Waals surface area contributed by atoms with E-state index in [9.17, 15) is 4.79 Å². The predicted octanol–water partition coefficient (Wildman–Crippen LogP) is 3.87. The summed E-state index contributed by atoms with van der Waals surface area (Å²) in [4.78, 5) is 19.4. The summed E-state index contributed by atoms with van der Waals surface area (Å²) >= 11 is 6.11. The van der Waals surface area contributed by atoms with Crippen molar-refractivity contribution >= 4 is 34.2 Å². The molecule has 0 saturated carbocycles. The van der Waals surface area contributed by atoms with E-state index in [0.29, 0.717) is 28.6 Å². The lowest BCUT2D eigenvalue weighted by molar-refractivity contribution is 0.102. The third-order valence-corrected chi connectivity index (χ3v) is 3.47. The number of hydrogen-bond donors (Lipinski definition) is 2. The van der Waals surface area contributed by atoms with Gasteiger partial charge in [0.05, 0.1) is 29.0 Å². The molecule has 0 aliphatic rings. The minimum absolute atomic E-state index is 0.211. The van der Waals surface area contributed by atoms with Crippen LogP contribution in [0.2, 0.25) is 5.02 Å². The van der Waals surface area contributed by atoms with E-state index in [4.69, 9.17) is 16.3 Å². The monoisotopic (exact) mass is 315 g/mol. The fourth-order valence-electron chi connectivity index (χ4n) is 2.13. The fraction of sp³-hybridized carbons (Fsp3) is 0.125. The first-order valence-corrected chi connectivity index (χ1v) is 7.22. The molecule has 0 saturated heterocycles. The first kappa shape index (κ1) is 14.4. The standard InChI is InChI=1S/C16H14ClN3O2/c1-2-22-15-6-4-11(8-12(15)17)20-16(21)10-3-5-13-14(7-10)19-9-18-13/h3-9H,2H2,1H3,(H,18,19)(H,20,21). The number of nitrogens with zero attached hydrogens (tertiary/aromatic N) is 1. The van der Waals surface area contributed by atoms with E-state index < -0.39 is 0 Å². The number of imidazole rings is 1. The van der Waals surface area contributed by atoms with Crippen LogP contribution in [0, 0.1) is 0 Å². The summed E-state index contributed by atoms with van der Waals surface area (Å²) in [5.74, 6) is 0.387. The SMILES string of the molecule is CCOc1ccc(NC(=O)c2ccc3nc[nH]c3c2)cc1Cl. The molecule has 0 spiro atoms. The molecule has 3 aromatic rings. The van der Waals surface area contributed by atoms with Crippen molar-refractivity contribution in [3.05, 3.63) is 53.3 Å². The van der Waals surface area contributed by atoms with Crippen LogP contribution < -0.4 is 10.1 Å². The topological polar surface area (TPSA) is 67.0 Å². The Hall–Kier alpha value is -2.53. The Morgan fingerprint density at radius 1 is 1.32 bits per heavy atom. The zero-order valence-corrected chi connectivity index (χ0v) is 12.6. The molecular weight excluding hydrogens is 302 g/mol. The lowest BCUT2D eigenvalue weighted by Gasteiger charge is -2.09. The second-order valence-corrected chi connectivity index (χ2v) is 5.07. The Morgan fingerprint density at radius 3 is 2.95 bits per heavy atom. The van der Waals surface area contributed by atoms with E-state index in [1.165, 1.54) is 0 Å². The molecule has 0 aliphatic carbocycles. The summed E-state index contributed by atoms with van der Waals surface area (Å²) in [5.41, 5.74) is 2.79. The molecule has 1 aromatic heterocycles. The van der Waals surface area contributed by atoms with Gasteiger partial charge in [-0.1, -0.05) is 11.6 Å². The highest BCUT2D eigenvalue weighted by Gasteiger charge is 2.09. The highest BCUT2D eigenvalue weighted by Crippen LogP contribution is 2.28. The number of ether oxygens (including phenoxy) is 1. The van der Waals surface area contributed by atoms with Gasteiger partial charge in [-0.15, -0.1) is 0 Å². The molecule has 0 atom stereocenters. The molecule has 0 bridgehead atoms. The van der Waals surface area contributed by atoms with Crippen molar-refractivity contribution in [3.63, 3.8) is 0 Å². The van der Waals surface area contributed by atoms with Crippen LogP contribution in [0.4, 0.5) is 5.69 Å². The van der Waals surface area contributed by atoms with Crippen molar-refractivity contribution in [2.75, 3.05) is 11.9 Å². The van der Waals surface area contributed by atoms with Gasteiger partial charge in [-0.05, 0) is 43.3 Å². The molecule has 112 valence electrons. The largest absolute Gasteiger partial charge is 0.492 e. The Balaban J connectivity index is 1.79. The van der Waals surface area contributed by atoms with E-state index in [-0.39, 0.29) is 5.91 Å². The maximum atomic E-state index is 12.3. The number of nitrogens with one attached hydrogen (secondary N) is 2. The van der Waals surface area contributed by atoms with E-state index >= 15 is 0 Å². The Morgan fingerprint density at radius 2 is 2.18 bits per heavy atom. The Bertz CT molecular complexity index is 829. The van der Waals surface area contributed by atoms with Crippen molar-refractivity contribution in [2.45, 2.75) is 6.92 Å². The third kappa shape index (κ3) is 2.89. The van der Waals surface area contributed by atoms with Gasteiger partial charge in [0.2, 0.25) is 0 Å². The zero-order chi connectivity index (χ0) is 15.5. The highest BCUT2D eigenvalue weighted by molar-refractivity contribution is 6.32. The van der Waals surface area contributed by atoms with Gasteiger partial charge < -0.3 is 15.0 Å². The lowest BCUT2D eigenvalue weighted by atomic mass is 10.2. The molecule has 0 fully saturated rings. The van der Waals surface area contributed by atoms with Crippen LogP contribution in [-0.4, -0.2) is 22.5 Å². The second-order valence-electron chi connectivity index (χ2n) is 4.67. The third-order valence-electron chi connectivity index (χ3n) is 3.17. The molecule has 0 unspecified atom stereocenters. The summed E-state index contributed by atoms with van der Waals surface area (Å²) in [6, 6.07) is 10.4. The number of fused-ring (bicyclic) bond motifs is 1. The van der Waals surface area contributed by atoms with E-state index in [1.807, 2.05) is 6.92 Å². The van der Waals surface area contributed by atoms with Crippen molar-refractivity contribution in [3.8, 4) is 5.75 Å². The van der Waals surface area contributed by atoms with Crippen molar-refractivity contribution in [2.24, 2.45) is 0 Å². The van der Waals surface area contributed by atoms with Crippen molar-refractivity contribution in [1.29, 1.82) is 0 Å². The molecule has 2 aromatic carbocycles. The van der Waals surface area contributed by atoms with Gasteiger partial charge in [0.15, 0.2) is 0 Å². The van der Waals surface area contributed by atoms with Crippen LogP contribution >= 0.6 is 11.6 Å². The number of aromatic amines is 1. The minimum Gasteiger partial charge on any atom is -0.492 e. The van der Waals surface area contributed by atoms with Gasteiger partial charge in [-0.3, -0.25) is 4.79 Å². The highest BCUT2D eigenvalue weighted by atomic mass is 35.5. The maximum absolute atomic E-state index is 12.3. The molecule has 6 heteroatoms. The van der Waals surface area contributed by atoms with Gasteiger partial charge in [-0.25, -0.2) is 4.98 Å². The number of H-pyrrole nitrogens is 1. The Labute approximate surface area is 132 Å². The number of benzene rings is 2. The molecule has 1 heterocycles. The van der Waals surface area contributed by atoms with Gasteiger partial charge in [-0.2, -0.15) is 0 Å². The fourth-order valence-corrected chi connectivity index (χ4v) is 2.37. The minimum atomic E-state index is -0.211. The van der Waals surface area contributed by atoms with Gasteiger partial charge >= 0.3 is 0 Å². The number of carbonyl (C=O) groups excluding carboxylic acids is 1. The van der Waals surface area contributed by atoms with Crippen LogP contribution in [0.25, 0.3) is 11.0 Å². The molecule has 0 aliphatic heterocycles. The number of aromatic nitrogens is 2. The average Bonchev–Trinajstić information content (AvgIpc) is 2.97. The average molecular weight is 316 g/mol. The lowest BCUT2D eigenvalue weighted by Crippen LogP contribution is -2.11. The number of amides is 1. The molecular formula is C16H14ClN3O2. The van der Waals surface area contributed by atoms with Gasteiger partial charge in [0.1, 0.15) is 5.75 Å². The summed E-state index contributed by atoms with van der Waals surface area (Å²) in [7, 11) is 0. The number of rotatable bonds is 4. The first-order chi connectivity index (χ1) is 10.7. The van der Waals surface area contributed by atoms with Gasteiger partial charge in [0.25, 0.3) is 5.91 Å².